The van der Waals surface area contributed by atoms with Gasteiger partial charge in [0.05, 0.1) is 11.3 Å². The van der Waals surface area contributed by atoms with Gasteiger partial charge in [-0.15, -0.1) is 0 Å². The first-order valence-electron chi connectivity index (χ1n) is 5.12. The van der Waals surface area contributed by atoms with Gasteiger partial charge in [-0.25, -0.2) is 0 Å². The fourth-order valence-corrected chi connectivity index (χ4v) is 1.66. The molecule has 2 heteroatoms. The van der Waals surface area contributed by atoms with Crippen LogP contribution in [0.5, 0.6) is 0 Å². The highest BCUT2D eigenvalue weighted by Gasteiger charge is 2.02. The zero-order valence-electron chi connectivity index (χ0n) is 9.07. The molecular formula is C14H12N2. The highest BCUT2D eigenvalue weighted by Crippen LogP contribution is 2.24. The summed E-state index contributed by atoms with van der Waals surface area (Å²) in [7, 11) is 1.82. The molecule has 78 valence electrons. The maximum absolute atomic E-state index is 8.92. The summed E-state index contributed by atoms with van der Waals surface area (Å²) in [5, 5.41) is 12.0. The molecule has 0 spiro atoms. The first-order chi connectivity index (χ1) is 7.85. The first kappa shape index (κ1) is 10.3. The molecule has 0 aliphatic rings. The van der Waals surface area contributed by atoms with E-state index < -0.39 is 0 Å². The largest absolute Gasteiger partial charge is 0.387 e. The molecule has 0 saturated heterocycles. The minimum atomic E-state index is 0.669. The van der Waals surface area contributed by atoms with Crippen LogP contribution >= 0.6 is 0 Å². The van der Waals surface area contributed by atoms with Crippen molar-refractivity contribution in [3.8, 4) is 17.2 Å². The van der Waals surface area contributed by atoms with Crippen LogP contribution in [-0.2, 0) is 0 Å². The lowest BCUT2D eigenvalue weighted by Crippen LogP contribution is -1.92. The molecule has 2 aromatic rings. The number of benzene rings is 2. The van der Waals surface area contributed by atoms with E-state index in [1.165, 1.54) is 0 Å². The van der Waals surface area contributed by atoms with Crippen molar-refractivity contribution >= 4 is 5.69 Å². The second-order valence-corrected chi connectivity index (χ2v) is 3.49. The van der Waals surface area contributed by atoms with E-state index in [0.29, 0.717) is 5.56 Å². The second-order valence-electron chi connectivity index (χ2n) is 3.49. The van der Waals surface area contributed by atoms with Gasteiger partial charge in [-0.2, -0.15) is 5.26 Å². The average Bonchev–Trinajstić information content (AvgIpc) is 2.39. The summed E-state index contributed by atoms with van der Waals surface area (Å²) in [5.41, 5.74) is 3.80. The fourth-order valence-electron chi connectivity index (χ4n) is 1.66. The van der Waals surface area contributed by atoms with E-state index in [1.807, 2.05) is 43.4 Å². The molecule has 0 saturated carbocycles. The molecule has 2 aromatic carbocycles. The number of nitriles is 1. The fraction of sp³-hybridized carbons (Fsp3) is 0.0714. The van der Waals surface area contributed by atoms with Crippen molar-refractivity contribution < 1.29 is 0 Å². The first-order valence-corrected chi connectivity index (χ1v) is 5.12. The summed E-state index contributed by atoms with van der Waals surface area (Å²) in [6.45, 7) is 0. The minimum absolute atomic E-state index is 0.669. The van der Waals surface area contributed by atoms with Crippen LogP contribution in [0.2, 0.25) is 0 Å². The average molecular weight is 208 g/mol. The molecule has 0 aliphatic heterocycles. The van der Waals surface area contributed by atoms with Crippen molar-refractivity contribution in [3.05, 3.63) is 54.1 Å². The van der Waals surface area contributed by atoms with Crippen LogP contribution in [0, 0.1) is 11.3 Å². The summed E-state index contributed by atoms with van der Waals surface area (Å²) in [6, 6.07) is 18.1. The van der Waals surface area contributed by atoms with Gasteiger partial charge in [0.1, 0.15) is 6.07 Å². The predicted molar refractivity (Wildman–Crippen MR) is 66.1 cm³/mol. The molecule has 2 nitrogen and oxygen atoms in total. The van der Waals surface area contributed by atoms with Crippen LogP contribution in [0.4, 0.5) is 5.69 Å². The number of nitrogens with zero attached hydrogens (tertiary/aromatic N) is 1. The summed E-state index contributed by atoms with van der Waals surface area (Å²) in [6.07, 6.45) is 0. The Labute approximate surface area is 95.2 Å². The molecule has 0 fully saturated rings. The Balaban J connectivity index is 2.49. The molecule has 1 N–H and O–H groups in total. The maximum atomic E-state index is 8.92. The molecule has 2 rings (SSSR count). The van der Waals surface area contributed by atoms with Crippen molar-refractivity contribution in [1.29, 1.82) is 5.26 Å². The van der Waals surface area contributed by atoms with Crippen LogP contribution in [0.25, 0.3) is 11.1 Å². The molecule has 0 atom stereocenters. The van der Waals surface area contributed by atoms with Crippen molar-refractivity contribution in [2.45, 2.75) is 0 Å². The van der Waals surface area contributed by atoms with Gasteiger partial charge < -0.3 is 5.32 Å². The molecule has 0 heterocycles. The lowest BCUT2D eigenvalue weighted by molar-refractivity contribution is 1.44. The lowest BCUT2D eigenvalue weighted by atomic mass is 10.0. The van der Waals surface area contributed by atoms with Gasteiger partial charge in [0, 0.05) is 7.05 Å². The Morgan fingerprint density at radius 3 is 2.38 bits per heavy atom. The Morgan fingerprint density at radius 2 is 1.75 bits per heavy atom. The Hall–Kier alpha value is -2.27. The Morgan fingerprint density at radius 1 is 1.00 bits per heavy atom. The number of nitrogens with one attached hydrogen (secondary N) is 1. The lowest BCUT2D eigenvalue weighted by Gasteiger charge is -2.06. The minimum Gasteiger partial charge on any atom is -0.387 e. The van der Waals surface area contributed by atoms with Crippen LogP contribution in [0.1, 0.15) is 5.56 Å². The van der Waals surface area contributed by atoms with Gasteiger partial charge in [0.15, 0.2) is 0 Å². The third kappa shape index (κ3) is 1.89. The number of hydrogen-bond acceptors (Lipinski definition) is 2. The molecule has 16 heavy (non-hydrogen) atoms. The van der Waals surface area contributed by atoms with Crippen LogP contribution in [0.15, 0.2) is 48.5 Å². The van der Waals surface area contributed by atoms with Gasteiger partial charge in [-0.05, 0) is 23.3 Å². The van der Waals surface area contributed by atoms with E-state index in [-0.39, 0.29) is 0 Å². The summed E-state index contributed by atoms with van der Waals surface area (Å²) in [4.78, 5) is 0. The molecule has 0 unspecified atom stereocenters. The maximum Gasteiger partial charge on any atom is 0.101 e. The standard InChI is InChI=1S/C14H12N2/c1-16-14-9-12(7-8-13(14)10-15)11-5-3-2-4-6-11/h2-9,16H,1H3. The smallest absolute Gasteiger partial charge is 0.101 e. The second kappa shape index (κ2) is 4.50. The third-order valence-corrected chi connectivity index (χ3v) is 2.52. The summed E-state index contributed by atoms with van der Waals surface area (Å²) in [5.74, 6) is 0. The van der Waals surface area contributed by atoms with E-state index in [9.17, 15) is 0 Å². The van der Waals surface area contributed by atoms with Gasteiger partial charge in [-0.3, -0.25) is 0 Å². The molecule has 0 amide bonds. The van der Waals surface area contributed by atoms with E-state index >= 15 is 0 Å². The van der Waals surface area contributed by atoms with Gasteiger partial charge >= 0.3 is 0 Å². The molecule has 0 radical (unpaired) electrons. The van der Waals surface area contributed by atoms with Gasteiger partial charge in [0.25, 0.3) is 0 Å². The third-order valence-electron chi connectivity index (χ3n) is 2.52. The summed E-state index contributed by atoms with van der Waals surface area (Å²) >= 11 is 0. The number of rotatable bonds is 2. The van der Waals surface area contributed by atoms with Crippen molar-refractivity contribution in [2.24, 2.45) is 0 Å². The van der Waals surface area contributed by atoms with Crippen molar-refractivity contribution in [1.82, 2.24) is 0 Å². The Kier molecular flexibility index (Phi) is 2.88. The quantitative estimate of drug-likeness (QED) is 0.822. The van der Waals surface area contributed by atoms with Gasteiger partial charge in [0.2, 0.25) is 0 Å². The molecule has 0 aliphatic carbocycles. The number of anilines is 1. The van der Waals surface area contributed by atoms with E-state index in [1.54, 1.807) is 0 Å². The normalized spacial score (nSPS) is 9.50. The number of hydrogen-bond donors (Lipinski definition) is 1. The zero-order chi connectivity index (χ0) is 11.4. The SMILES string of the molecule is CNc1cc(-c2ccccc2)ccc1C#N. The molecule has 0 bridgehead atoms. The molecular weight excluding hydrogens is 196 g/mol. The Bertz CT molecular complexity index is 524. The zero-order valence-corrected chi connectivity index (χ0v) is 9.07. The van der Waals surface area contributed by atoms with Crippen LogP contribution < -0.4 is 5.32 Å². The molecule has 0 aromatic heterocycles. The van der Waals surface area contributed by atoms with Crippen molar-refractivity contribution in [2.75, 3.05) is 12.4 Å². The monoisotopic (exact) mass is 208 g/mol. The van der Waals surface area contributed by atoms with E-state index in [0.717, 1.165) is 16.8 Å². The van der Waals surface area contributed by atoms with Crippen LogP contribution in [-0.4, -0.2) is 7.05 Å². The predicted octanol–water partition coefficient (Wildman–Crippen LogP) is 3.27. The highest BCUT2D eigenvalue weighted by atomic mass is 14.8. The van der Waals surface area contributed by atoms with Gasteiger partial charge in [-0.1, -0.05) is 36.4 Å². The topological polar surface area (TPSA) is 35.8 Å². The summed E-state index contributed by atoms with van der Waals surface area (Å²) < 4.78 is 0. The van der Waals surface area contributed by atoms with Crippen LogP contribution in [0.3, 0.4) is 0 Å². The van der Waals surface area contributed by atoms with E-state index in [4.69, 9.17) is 5.26 Å². The highest BCUT2D eigenvalue weighted by molar-refractivity contribution is 5.71. The van der Waals surface area contributed by atoms with E-state index in [2.05, 4.69) is 23.5 Å². The van der Waals surface area contributed by atoms with Crippen molar-refractivity contribution in [3.63, 3.8) is 0 Å².